The SMILES string of the molecule is CC(C)C[C@H](NC(=O)c1ccc(Cl)cc1)C(=O)NN. The molecule has 0 saturated carbocycles. The number of hydrogen-bond donors (Lipinski definition) is 3. The zero-order valence-electron chi connectivity index (χ0n) is 10.9. The Morgan fingerprint density at radius 1 is 1.26 bits per heavy atom. The molecule has 0 aromatic heterocycles. The van der Waals surface area contributed by atoms with Crippen LogP contribution in [0.1, 0.15) is 30.6 Å². The summed E-state index contributed by atoms with van der Waals surface area (Å²) in [5.74, 6) is 4.64. The first-order valence-electron chi connectivity index (χ1n) is 6.01. The van der Waals surface area contributed by atoms with Gasteiger partial charge in [0.25, 0.3) is 11.8 Å². The summed E-state index contributed by atoms with van der Waals surface area (Å²) in [6, 6.07) is 5.80. The lowest BCUT2D eigenvalue weighted by atomic mass is 10.0. The lowest BCUT2D eigenvalue weighted by Gasteiger charge is -2.18. The monoisotopic (exact) mass is 283 g/mol. The molecule has 0 aliphatic heterocycles. The van der Waals surface area contributed by atoms with Crippen LogP contribution >= 0.6 is 11.6 Å². The second-order valence-corrected chi connectivity index (χ2v) is 5.11. The molecule has 0 aliphatic rings. The van der Waals surface area contributed by atoms with Crippen LogP contribution in [0.5, 0.6) is 0 Å². The van der Waals surface area contributed by atoms with Gasteiger partial charge in [-0.1, -0.05) is 25.4 Å². The summed E-state index contributed by atoms with van der Waals surface area (Å²) in [7, 11) is 0. The Kier molecular flexibility index (Phi) is 5.79. The fourth-order valence-electron chi connectivity index (χ4n) is 1.65. The van der Waals surface area contributed by atoms with Crippen LogP contribution in [0.4, 0.5) is 0 Å². The molecule has 0 unspecified atom stereocenters. The number of hydrazine groups is 1. The van der Waals surface area contributed by atoms with E-state index in [1.165, 1.54) is 0 Å². The van der Waals surface area contributed by atoms with E-state index in [1.54, 1.807) is 24.3 Å². The standard InChI is InChI=1S/C13H18ClN3O2/c1-8(2)7-11(13(19)17-15)16-12(18)9-3-5-10(14)6-4-9/h3-6,8,11H,7,15H2,1-2H3,(H,16,18)(H,17,19)/t11-/m0/s1. The summed E-state index contributed by atoms with van der Waals surface area (Å²) >= 11 is 5.75. The summed E-state index contributed by atoms with van der Waals surface area (Å²) in [5, 5.41) is 3.21. The average molecular weight is 284 g/mol. The van der Waals surface area contributed by atoms with Gasteiger partial charge in [-0.15, -0.1) is 0 Å². The highest BCUT2D eigenvalue weighted by Crippen LogP contribution is 2.11. The molecule has 1 atom stereocenters. The molecule has 0 spiro atoms. The second-order valence-electron chi connectivity index (χ2n) is 4.67. The van der Waals surface area contributed by atoms with Crippen molar-refractivity contribution in [1.82, 2.24) is 10.7 Å². The van der Waals surface area contributed by atoms with Gasteiger partial charge in [0.05, 0.1) is 0 Å². The van der Waals surface area contributed by atoms with Crippen LogP contribution in [0.3, 0.4) is 0 Å². The predicted molar refractivity (Wildman–Crippen MR) is 74.5 cm³/mol. The van der Waals surface area contributed by atoms with Crippen molar-refractivity contribution in [1.29, 1.82) is 0 Å². The third kappa shape index (κ3) is 4.89. The van der Waals surface area contributed by atoms with Gasteiger partial charge in [-0.25, -0.2) is 5.84 Å². The van der Waals surface area contributed by atoms with E-state index in [9.17, 15) is 9.59 Å². The molecule has 6 heteroatoms. The van der Waals surface area contributed by atoms with Crippen molar-refractivity contribution in [2.24, 2.45) is 11.8 Å². The molecule has 5 nitrogen and oxygen atoms in total. The molecule has 0 bridgehead atoms. The maximum atomic E-state index is 12.0. The molecule has 0 radical (unpaired) electrons. The van der Waals surface area contributed by atoms with Gasteiger partial charge < -0.3 is 5.32 Å². The van der Waals surface area contributed by atoms with Crippen molar-refractivity contribution in [3.63, 3.8) is 0 Å². The third-order valence-electron chi connectivity index (χ3n) is 2.58. The van der Waals surface area contributed by atoms with E-state index in [1.807, 2.05) is 13.8 Å². The molecular formula is C13H18ClN3O2. The van der Waals surface area contributed by atoms with Crippen LogP contribution in [-0.4, -0.2) is 17.9 Å². The quantitative estimate of drug-likeness (QED) is 0.435. The van der Waals surface area contributed by atoms with Crippen molar-refractivity contribution in [3.05, 3.63) is 34.9 Å². The van der Waals surface area contributed by atoms with Crippen LogP contribution in [0.2, 0.25) is 5.02 Å². The number of halogens is 1. The number of hydrogen-bond acceptors (Lipinski definition) is 3. The van der Waals surface area contributed by atoms with Crippen molar-refractivity contribution in [3.8, 4) is 0 Å². The van der Waals surface area contributed by atoms with Crippen LogP contribution in [-0.2, 0) is 4.79 Å². The van der Waals surface area contributed by atoms with Gasteiger partial charge in [0.2, 0.25) is 0 Å². The third-order valence-corrected chi connectivity index (χ3v) is 2.83. The summed E-state index contributed by atoms with van der Waals surface area (Å²) in [5.41, 5.74) is 2.51. The molecule has 0 saturated heterocycles. The lowest BCUT2D eigenvalue weighted by molar-refractivity contribution is -0.123. The predicted octanol–water partition coefficient (Wildman–Crippen LogP) is 1.47. The van der Waals surface area contributed by atoms with Gasteiger partial charge in [-0.2, -0.15) is 0 Å². The van der Waals surface area contributed by atoms with Crippen molar-refractivity contribution < 1.29 is 9.59 Å². The number of carbonyl (C=O) groups is 2. The van der Waals surface area contributed by atoms with E-state index < -0.39 is 11.9 Å². The fraction of sp³-hybridized carbons (Fsp3) is 0.385. The Hall–Kier alpha value is -1.59. The molecule has 1 aromatic rings. The van der Waals surface area contributed by atoms with Gasteiger partial charge in [0.1, 0.15) is 6.04 Å². The van der Waals surface area contributed by atoms with Crippen LogP contribution in [0.15, 0.2) is 24.3 Å². The minimum Gasteiger partial charge on any atom is -0.340 e. The second kappa shape index (κ2) is 7.11. The fourth-order valence-corrected chi connectivity index (χ4v) is 1.77. The number of amides is 2. The van der Waals surface area contributed by atoms with E-state index in [0.717, 1.165) is 0 Å². The minimum absolute atomic E-state index is 0.257. The van der Waals surface area contributed by atoms with Gasteiger partial charge in [0, 0.05) is 10.6 Å². The summed E-state index contributed by atoms with van der Waals surface area (Å²) in [6.07, 6.45) is 0.516. The normalized spacial score (nSPS) is 12.1. The molecule has 0 aliphatic carbocycles. The number of nitrogens with two attached hydrogens (primary N) is 1. The van der Waals surface area contributed by atoms with E-state index >= 15 is 0 Å². The summed E-state index contributed by atoms with van der Waals surface area (Å²) in [4.78, 5) is 23.6. The molecule has 104 valence electrons. The van der Waals surface area contributed by atoms with Crippen LogP contribution in [0.25, 0.3) is 0 Å². The van der Waals surface area contributed by atoms with Gasteiger partial charge in [0.15, 0.2) is 0 Å². The Balaban J connectivity index is 2.75. The smallest absolute Gasteiger partial charge is 0.256 e. The van der Waals surface area contributed by atoms with Gasteiger partial charge in [-0.3, -0.25) is 15.0 Å². The highest BCUT2D eigenvalue weighted by molar-refractivity contribution is 6.30. The zero-order chi connectivity index (χ0) is 14.4. The molecule has 1 aromatic carbocycles. The van der Waals surface area contributed by atoms with E-state index in [0.29, 0.717) is 17.0 Å². The first-order chi connectivity index (χ1) is 8.93. The van der Waals surface area contributed by atoms with Crippen LogP contribution < -0.4 is 16.6 Å². The highest BCUT2D eigenvalue weighted by Gasteiger charge is 2.21. The molecule has 0 fully saturated rings. The average Bonchev–Trinajstić information content (AvgIpc) is 2.37. The Bertz CT molecular complexity index is 446. The first-order valence-corrected chi connectivity index (χ1v) is 6.38. The van der Waals surface area contributed by atoms with E-state index in [4.69, 9.17) is 17.4 Å². The van der Waals surface area contributed by atoms with E-state index in [-0.39, 0.29) is 11.8 Å². The molecule has 1 rings (SSSR count). The molecule has 19 heavy (non-hydrogen) atoms. The minimum atomic E-state index is -0.645. The highest BCUT2D eigenvalue weighted by atomic mass is 35.5. The summed E-state index contributed by atoms with van der Waals surface area (Å²) < 4.78 is 0. The van der Waals surface area contributed by atoms with Gasteiger partial charge >= 0.3 is 0 Å². The van der Waals surface area contributed by atoms with Crippen molar-refractivity contribution >= 4 is 23.4 Å². The summed E-state index contributed by atoms with van der Waals surface area (Å²) in [6.45, 7) is 3.93. The number of benzene rings is 1. The largest absolute Gasteiger partial charge is 0.340 e. The lowest BCUT2D eigenvalue weighted by Crippen LogP contribution is -2.49. The van der Waals surface area contributed by atoms with Gasteiger partial charge in [-0.05, 0) is 36.6 Å². The number of carbonyl (C=O) groups excluding carboxylic acids is 2. The Labute approximate surface area is 117 Å². The number of rotatable bonds is 5. The van der Waals surface area contributed by atoms with E-state index in [2.05, 4.69) is 10.7 Å². The first kappa shape index (κ1) is 15.5. The van der Waals surface area contributed by atoms with Crippen molar-refractivity contribution in [2.45, 2.75) is 26.3 Å². The molecule has 2 amide bonds. The topological polar surface area (TPSA) is 84.2 Å². The number of nitrogens with one attached hydrogen (secondary N) is 2. The Morgan fingerprint density at radius 3 is 2.32 bits per heavy atom. The molecular weight excluding hydrogens is 266 g/mol. The van der Waals surface area contributed by atoms with Crippen molar-refractivity contribution in [2.75, 3.05) is 0 Å². The van der Waals surface area contributed by atoms with Crippen LogP contribution in [0, 0.1) is 5.92 Å². The maximum absolute atomic E-state index is 12.0. The molecule has 4 N–H and O–H groups in total. The maximum Gasteiger partial charge on any atom is 0.256 e. The zero-order valence-corrected chi connectivity index (χ0v) is 11.7. The molecule has 0 heterocycles. The Morgan fingerprint density at radius 2 is 1.84 bits per heavy atom.